The van der Waals surface area contributed by atoms with Crippen molar-refractivity contribution in [1.82, 2.24) is 14.5 Å². The molecule has 0 spiro atoms. The fourth-order valence-electron chi connectivity index (χ4n) is 3.37. The Balaban J connectivity index is 1.55. The van der Waals surface area contributed by atoms with Crippen LogP contribution in [0.2, 0.25) is 0 Å². The number of carbonyl (C=O) groups is 3. The first-order valence-corrected chi connectivity index (χ1v) is 11.4. The fourth-order valence-corrected chi connectivity index (χ4v) is 4.49. The molecule has 2 heterocycles. The number of likely N-dealkylation sites (tertiary alicyclic amines) is 1. The molecule has 1 aliphatic rings. The lowest BCUT2D eigenvalue weighted by Gasteiger charge is -2.22. The number of esters is 1. The van der Waals surface area contributed by atoms with Crippen molar-refractivity contribution in [2.75, 3.05) is 27.2 Å². The second kappa shape index (κ2) is 9.96. The van der Waals surface area contributed by atoms with Crippen molar-refractivity contribution in [2.45, 2.75) is 30.3 Å². The maximum Gasteiger partial charge on any atom is 0.329 e. The second-order valence-corrected chi connectivity index (χ2v) is 9.53. The predicted octanol–water partition coefficient (Wildman–Crippen LogP) is 0.994. The van der Waals surface area contributed by atoms with Gasteiger partial charge in [0.05, 0.1) is 11.2 Å². The molecule has 172 valence electrons. The minimum absolute atomic E-state index is 0.0494. The lowest BCUT2D eigenvalue weighted by atomic mass is 10.2. The minimum atomic E-state index is -3.67. The molecule has 0 saturated carbocycles. The Hall–Kier alpha value is -3.18. The van der Waals surface area contributed by atoms with Crippen LogP contribution < -0.4 is 5.32 Å². The van der Waals surface area contributed by atoms with E-state index in [0.717, 1.165) is 4.31 Å². The minimum Gasteiger partial charge on any atom is -0.459 e. The molecule has 1 aliphatic heterocycles. The van der Waals surface area contributed by atoms with Gasteiger partial charge >= 0.3 is 5.97 Å². The third-order valence-electron chi connectivity index (χ3n) is 5.07. The van der Waals surface area contributed by atoms with E-state index in [1.54, 1.807) is 24.3 Å². The van der Waals surface area contributed by atoms with Crippen LogP contribution in [0.25, 0.3) is 0 Å². The molecule has 2 amide bonds. The zero-order valence-electron chi connectivity index (χ0n) is 17.8. The summed E-state index contributed by atoms with van der Waals surface area (Å²) in [7, 11) is -0.826. The molecule has 1 aromatic heterocycles. The molecule has 11 heteroatoms. The number of benzene rings is 1. The van der Waals surface area contributed by atoms with Crippen LogP contribution in [0.3, 0.4) is 0 Å². The summed E-state index contributed by atoms with van der Waals surface area (Å²) in [6, 6.07) is 8.64. The summed E-state index contributed by atoms with van der Waals surface area (Å²) < 4.78 is 36.2. The van der Waals surface area contributed by atoms with Crippen molar-refractivity contribution < 1.29 is 32.0 Å². The predicted molar refractivity (Wildman–Crippen MR) is 113 cm³/mol. The monoisotopic (exact) mass is 463 g/mol. The van der Waals surface area contributed by atoms with E-state index in [9.17, 15) is 22.8 Å². The lowest BCUT2D eigenvalue weighted by molar-refractivity contribution is -0.152. The van der Waals surface area contributed by atoms with Gasteiger partial charge < -0.3 is 19.4 Å². The van der Waals surface area contributed by atoms with Gasteiger partial charge in [-0.25, -0.2) is 17.5 Å². The zero-order valence-corrected chi connectivity index (χ0v) is 18.6. The Labute approximate surface area is 186 Å². The van der Waals surface area contributed by atoms with Crippen LogP contribution in [0, 0.1) is 0 Å². The summed E-state index contributed by atoms with van der Waals surface area (Å²) in [5, 5.41) is 2.56. The molecule has 1 aromatic carbocycles. The highest BCUT2D eigenvalue weighted by Gasteiger charge is 2.36. The van der Waals surface area contributed by atoms with Crippen molar-refractivity contribution in [3.05, 3.63) is 54.0 Å². The molecule has 0 bridgehead atoms. The highest BCUT2D eigenvalue weighted by atomic mass is 32.2. The van der Waals surface area contributed by atoms with Gasteiger partial charge in [0.25, 0.3) is 11.8 Å². The first-order chi connectivity index (χ1) is 15.2. The number of furan rings is 1. The van der Waals surface area contributed by atoms with E-state index in [4.69, 9.17) is 9.15 Å². The average Bonchev–Trinajstić information content (AvgIpc) is 3.48. The van der Waals surface area contributed by atoms with Crippen molar-refractivity contribution in [3.63, 3.8) is 0 Å². The topological polar surface area (TPSA) is 126 Å². The van der Waals surface area contributed by atoms with Crippen LogP contribution in [0.5, 0.6) is 0 Å². The normalized spacial score (nSPS) is 16.2. The molecular formula is C21H25N3O7S. The van der Waals surface area contributed by atoms with Gasteiger partial charge in [-0.15, -0.1) is 0 Å². The molecule has 0 aliphatic carbocycles. The number of carbonyl (C=O) groups excluding carboxylic acids is 3. The molecule has 1 N–H and O–H groups in total. The van der Waals surface area contributed by atoms with Crippen LogP contribution in [0.4, 0.5) is 0 Å². The Kier molecular flexibility index (Phi) is 7.31. The maximum atomic E-state index is 12.5. The van der Waals surface area contributed by atoms with E-state index in [1.165, 1.54) is 37.4 Å². The second-order valence-electron chi connectivity index (χ2n) is 7.41. The number of nitrogens with zero attached hydrogens (tertiary/aromatic N) is 2. The highest BCUT2D eigenvalue weighted by Crippen LogP contribution is 2.22. The SMILES string of the molecule is CN(C)S(=O)(=O)c1ccccc1CNC(=O)COC(=O)[C@@H]1CCCN1C(=O)c1ccco1. The molecule has 32 heavy (non-hydrogen) atoms. The fraction of sp³-hybridized carbons (Fsp3) is 0.381. The van der Waals surface area contributed by atoms with E-state index < -0.39 is 40.5 Å². The van der Waals surface area contributed by atoms with Crippen LogP contribution in [-0.4, -0.2) is 68.7 Å². The number of hydrogen-bond donors (Lipinski definition) is 1. The summed E-state index contributed by atoms with van der Waals surface area (Å²) in [6.07, 6.45) is 2.45. The van der Waals surface area contributed by atoms with Gasteiger partial charge in [-0.05, 0) is 36.6 Å². The van der Waals surface area contributed by atoms with Crippen LogP contribution in [0.15, 0.2) is 52.0 Å². The third kappa shape index (κ3) is 5.17. The third-order valence-corrected chi connectivity index (χ3v) is 6.99. The van der Waals surface area contributed by atoms with Gasteiger partial charge in [0, 0.05) is 27.2 Å². The van der Waals surface area contributed by atoms with Crippen molar-refractivity contribution >= 4 is 27.8 Å². The largest absolute Gasteiger partial charge is 0.459 e. The van der Waals surface area contributed by atoms with Crippen molar-refractivity contribution in [2.24, 2.45) is 0 Å². The number of ether oxygens (including phenoxy) is 1. The van der Waals surface area contributed by atoms with E-state index >= 15 is 0 Å². The molecular weight excluding hydrogens is 438 g/mol. The zero-order chi connectivity index (χ0) is 23.3. The number of amides is 2. The van der Waals surface area contributed by atoms with Gasteiger partial charge in [0.15, 0.2) is 12.4 Å². The molecule has 2 aromatic rings. The van der Waals surface area contributed by atoms with Crippen molar-refractivity contribution in [1.29, 1.82) is 0 Å². The summed E-state index contributed by atoms with van der Waals surface area (Å²) >= 11 is 0. The molecule has 1 fully saturated rings. The van der Waals surface area contributed by atoms with Crippen molar-refractivity contribution in [3.8, 4) is 0 Å². The number of hydrogen-bond acceptors (Lipinski definition) is 7. The number of rotatable bonds is 8. The van der Waals surface area contributed by atoms with E-state index in [0.29, 0.717) is 24.9 Å². The molecule has 0 unspecified atom stereocenters. The van der Waals surface area contributed by atoms with Gasteiger partial charge in [0.2, 0.25) is 10.0 Å². The highest BCUT2D eigenvalue weighted by molar-refractivity contribution is 7.89. The lowest BCUT2D eigenvalue weighted by Crippen LogP contribution is -2.42. The van der Waals surface area contributed by atoms with Gasteiger partial charge in [-0.1, -0.05) is 18.2 Å². The molecule has 10 nitrogen and oxygen atoms in total. The van der Waals surface area contributed by atoms with E-state index in [1.807, 2.05) is 0 Å². The first kappa shape index (κ1) is 23.5. The van der Waals surface area contributed by atoms with Gasteiger partial charge in [0.1, 0.15) is 6.04 Å². The number of nitrogens with one attached hydrogen (secondary N) is 1. The molecule has 3 rings (SSSR count). The van der Waals surface area contributed by atoms with Gasteiger partial charge in [-0.3, -0.25) is 9.59 Å². The smallest absolute Gasteiger partial charge is 0.329 e. The Morgan fingerprint density at radius 1 is 1.19 bits per heavy atom. The van der Waals surface area contributed by atoms with Gasteiger partial charge in [-0.2, -0.15) is 0 Å². The summed E-state index contributed by atoms with van der Waals surface area (Å²) in [5.41, 5.74) is 0.409. The molecule has 0 radical (unpaired) electrons. The summed E-state index contributed by atoms with van der Waals surface area (Å²) in [5.74, 6) is -1.53. The Morgan fingerprint density at radius 2 is 1.94 bits per heavy atom. The van der Waals surface area contributed by atoms with Crippen LogP contribution in [-0.2, 0) is 30.9 Å². The molecule has 1 atom stereocenters. The maximum absolute atomic E-state index is 12.5. The first-order valence-electron chi connectivity index (χ1n) is 10.00. The summed E-state index contributed by atoms with van der Waals surface area (Å²) in [4.78, 5) is 38.6. The number of sulfonamides is 1. The van der Waals surface area contributed by atoms with E-state index in [-0.39, 0.29) is 17.2 Å². The van der Waals surface area contributed by atoms with E-state index in [2.05, 4.69) is 5.32 Å². The Morgan fingerprint density at radius 3 is 2.62 bits per heavy atom. The van der Waals surface area contributed by atoms with Crippen LogP contribution >= 0.6 is 0 Å². The van der Waals surface area contributed by atoms with Crippen LogP contribution in [0.1, 0.15) is 29.0 Å². The standard InChI is InChI=1S/C21H25N3O7S/c1-23(2)32(28,29)18-10-4-3-7-15(18)13-22-19(25)14-31-21(27)16-8-5-11-24(16)20(26)17-9-6-12-30-17/h3-4,6-7,9-10,12,16H,5,8,11,13-14H2,1-2H3,(H,22,25)/t16-/m0/s1. The molecule has 1 saturated heterocycles. The summed E-state index contributed by atoms with van der Waals surface area (Å²) in [6.45, 7) is -0.199. The average molecular weight is 464 g/mol. The Bertz CT molecular complexity index is 1080. The quantitative estimate of drug-likeness (QED) is 0.579.